The van der Waals surface area contributed by atoms with Crippen LogP contribution in [-0.4, -0.2) is 28.6 Å². The van der Waals surface area contributed by atoms with Gasteiger partial charge in [-0.05, 0) is 30.7 Å². The van der Waals surface area contributed by atoms with Crippen molar-refractivity contribution in [2.24, 2.45) is 0 Å². The molecule has 3 rings (SSSR count). The summed E-state index contributed by atoms with van der Waals surface area (Å²) >= 11 is 0. The number of fused-ring (bicyclic) bond motifs is 1. The molecule has 1 atom stereocenters. The predicted molar refractivity (Wildman–Crippen MR) is 102 cm³/mol. The molecule has 8 heteroatoms. The van der Waals surface area contributed by atoms with E-state index in [4.69, 9.17) is 0 Å². The van der Waals surface area contributed by atoms with Gasteiger partial charge in [-0.1, -0.05) is 30.3 Å². The van der Waals surface area contributed by atoms with E-state index in [1.807, 2.05) is 0 Å². The Morgan fingerprint density at radius 1 is 1.11 bits per heavy atom. The van der Waals surface area contributed by atoms with Crippen molar-refractivity contribution in [3.05, 3.63) is 76.0 Å². The second-order valence-corrected chi connectivity index (χ2v) is 6.28. The molecule has 0 fully saturated rings. The fraction of sp³-hybridized carbons (Fsp3) is 0.200. The molecule has 1 heterocycles. The Balaban J connectivity index is 1.88. The minimum Gasteiger partial charge on any atom is -0.354 e. The Bertz CT molecular complexity index is 1090. The van der Waals surface area contributed by atoms with Gasteiger partial charge in [0.25, 0.3) is 11.5 Å². The molecule has 0 saturated carbocycles. The first-order chi connectivity index (χ1) is 13.4. The average Bonchev–Trinajstić information content (AvgIpc) is 2.70. The number of halogens is 1. The van der Waals surface area contributed by atoms with Gasteiger partial charge in [-0.3, -0.25) is 14.4 Å². The first-order valence-electron chi connectivity index (χ1n) is 8.67. The summed E-state index contributed by atoms with van der Waals surface area (Å²) in [5, 5.41) is 10.0. The van der Waals surface area contributed by atoms with E-state index in [0.29, 0.717) is 10.8 Å². The van der Waals surface area contributed by atoms with Gasteiger partial charge < -0.3 is 10.6 Å². The van der Waals surface area contributed by atoms with Gasteiger partial charge in [0, 0.05) is 12.4 Å². The first kappa shape index (κ1) is 19.2. The number of carbonyl (C=O) groups excluding carboxylic acids is 2. The van der Waals surface area contributed by atoms with E-state index in [2.05, 4.69) is 15.7 Å². The second-order valence-electron chi connectivity index (χ2n) is 6.28. The lowest BCUT2D eigenvalue weighted by molar-refractivity contribution is -0.122. The maximum absolute atomic E-state index is 13.0. The van der Waals surface area contributed by atoms with Crippen LogP contribution >= 0.6 is 0 Å². The standard InChI is InChI=1S/C20H19FN4O3/c1-12(13-7-9-14(21)10-8-13)23-17(26)11-25-20(28)16-6-4-3-5-15(16)18(24-25)19(27)22-2/h3-10,12H,11H2,1-2H3,(H,22,27)(H,23,26). The van der Waals surface area contributed by atoms with Gasteiger partial charge in [-0.2, -0.15) is 5.10 Å². The highest BCUT2D eigenvalue weighted by Gasteiger charge is 2.18. The van der Waals surface area contributed by atoms with E-state index in [-0.39, 0.29) is 24.1 Å². The van der Waals surface area contributed by atoms with Crippen LogP contribution in [0.3, 0.4) is 0 Å². The summed E-state index contributed by atoms with van der Waals surface area (Å²) in [6.45, 7) is 1.40. The van der Waals surface area contributed by atoms with Gasteiger partial charge in [0.2, 0.25) is 5.91 Å². The Morgan fingerprint density at radius 2 is 1.75 bits per heavy atom. The van der Waals surface area contributed by atoms with Crippen molar-refractivity contribution >= 4 is 22.6 Å². The number of amides is 2. The van der Waals surface area contributed by atoms with Crippen molar-refractivity contribution in [1.82, 2.24) is 20.4 Å². The highest BCUT2D eigenvalue weighted by molar-refractivity contribution is 6.04. The molecular formula is C20H19FN4O3. The molecule has 1 unspecified atom stereocenters. The maximum atomic E-state index is 13.0. The predicted octanol–water partition coefficient (Wildman–Crippen LogP) is 1.77. The van der Waals surface area contributed by atoms with E-state index in [1.165, 1.54) is 19.2 Å². The van der Waals surface area contributed by atoms with Crippen LogP contribution in [0, 0.1) is 5.82 Å². The monoisotopic (exact) mass is 382 g/mol. The molecule has 0 radical (unpaired) electrons. The normalized spacial score (nSPS) is 11.8. The average molecular weight is 382 g/mol. The van der Waals surface area contributed by atoms with Crippen molar-refractivity contribution in [3.63, 3.8) is 0 Å². The summed E-state index contributed by atoms with van der Waals surface area (Å²) in [4.78, 5) is 37.2. The van der Waals surface area contributed by atoms with Crippen LogP contribution in [0.1, 0.15) is 29.0 Å². The number of hydrogen-bond donors (Lipinski definition) is 2. The number of carbonyl (C=O) groups is 2. The van der Waals surface area contributed by atoms with Crippen LogP contribution in [-0.2, 0) is 11.3 Å². The molecule has 1 aromatic heterocycles. The first-order valence-corrected chi connectivity index (χ1v) is 8.67. The zero-order valence-electron chi connectivity index (χ0n) is 15.4. The number of benzene rings is 2. The Labute approximate surface area is 160 Å². The molecule has 144 valence electrons. The lowest BCUT2D eigenvalue weighted by Gasteiger charge is -2.15. The van der Waals surface area contributed by atoms with Gasteiger partial charge in [0.1, 0.15) is 12.4 Å². The fourth-order valence-electron chi connectivity index (χ4n) is 2.89. The van der Waals surface area contributed by atoms with Crippen molar-refractivity contribution in [2.75, 3.05) is 7.05 Å². The Kier molecular flexibility index (Phi) is 5.49. The molecular weight excluding hydrogens is 363 g/mol. The zero-order chi connectivity index (χ0) is 20.3. The molecule has 0 aliphatic rings. The Hall–Kier alpha value is -3.55. The van der Waals surface area contributed by atoms with E-state index in [9.17, 15) is 18.8 Å². The van der Waals surface area contributed by atoms with E-state index < -0.39 is 17.4 Å². The van der Waals surface area contributed by atoms with Gasteiger partial charge in [-0.25, -0.2) is 9.07 Å². The third-order valence-corrected chi connectivity index (χ3v) is 4.35. The van der Waals surface area contributed by atoms with Crippen molar-refractivity contribution in [1.29, 1.82) is 0 Å². The summed E-state index contributed by atoms with van der Waals surface area (Å²) in [6.07, 6.45) is 0. The number of aromatic nitrogens is 2. The van der Waals surface area contributed by atoms with Crippen LogP contribution < -0.4 is 16.2 Å². The van der Waals surface area contributed by atoms with Crippen LogP contribution in [0.2, 0.25) is 0 Å². The van der Waals surface area contributed by atoms with E-state index in [0.717, 1.165) is 10.2 Å². The van der Waals surface area contributed by atoms with Crippen LogP contribution in [0.4, 0.5) is 4.39 Å². The lowest BCUT2D eigenvalue weighted by Crippen LogP contribution is -2.36. The largest absolute Gasteiger partial charge is 0.354 e. The quantitative estimate of drug-likeness (QED) is 0.703. The minimum absolute atomic E-state index is 0.0667. The molecule has 2 aromatic carbocycles. The summed E-state index contributed by atoms with van der Waals surface area (Å²) in [5.41, 5.74) is 0.324. The molecule has 0 saturated heterocycles. The highest BCUT2D eigenvalue weighted by Crippen LogP contribution is 2.14. The molecule has 0 aliphatic carbocycles. The SMILES string of the molecule is CNC(=O)c1nn(CC(=O)NC(C)c2ccc(F)cc2)c(=O)c2ccccc12. The molecule has 2 N–H and O–H groups in total. The highest BCUT2D eigenvalue weighted by atomic mass is 19.1. The van der Waals surface area contributed by atoms with Gasteiger partial charge in [-0.15, -0.1) is 0 Å². The van der Waals surface area contributed by atoms with Crippen molar-refractivity contribution < 1.29 is 14.0 Å². The minimum atomic E-state index is -0.465. The fourth-order valence-corrected chi connectivity index (χ4v) is 2.89. The number of hydrogen-bond acceptors (Lipinski definition) is 4. The summed E-state index contributed by atoms with van der Waals surface area (Å²) in [7, 11) is 1.46. The molecule has 3 aromatic rings. The van der Waals surface area contributed by atoms with Crippen LogP contribution in [0.15, 0.2) is 53.3 Å². The van der Waals surface area contributed by atoms with Crippen molar-refractivity contribution in [3.8, 4) is 0 Å². The molecule has 2 amide bonds. The third-order valence-electron chi connectivity index (χ3n) is 4.35. The molecule has 0 bridgehead atoms. The van der Waals surface area contributed by atoms with Crippen molar-refractivity contribution in [2.45, 2.75) is 19.5 Å². The zero-order valence-corrected chi connectivity index (χ0v) is 15.4. The molecule has 28 heavy (non-hydrogen) atoms. The summed E-state index contributed by atoms with van der Waals surface area (Å²) in [6, 6.07) is 12.0. The second kappa shape index (κ2) is 7.99. The molecule has 0 spiro atoms. The smallest absolute Gasteiger partial charge is 0.275 e. The summed E-state index contributed by atoms with van der Waals surface area (Å²) < 4.78 is 14.0. The third kappa shape index (κ3) is 3.90. The topological polar surface area (TPSA) is 93.1 Å². The maximum Gasteiger partial charge on any atom is 0.275 e. The van der Waals surface area contributed by atoms with Gasteiger partial charge >= 0.3 is 0 Å². The van der Waals surface area contributed by atoms with E-state index in [1.54, 1.807) is 43.3 Å². The van der Waals surface area contributed by atoms with Gasteiger partial charge in [0.05, 0.1) is 11.4 Å². The van der Waals surface area contributed by atoms with Crippen LogP contribution in [0.5, 0.6) is 0 Å². The number of nitrogens with zero attached hydrogens (tertiary/aromatic N) is 2. The lowest BCUT2D eigenvalue weighted by atomic mass is 10.1. The molecule has 0 aliphatic heterocycles. The number of nitrogens with one attached hydrogen (secondary N) is 2. The van der Waals surface area contributed by atoms with Crippen LogP contribution in [0.25, 0.3) is 10.8 Å². The summed E-state index contributed by atoms with van der Waals surface area (Å²) in [5.74, 6) is -1.27. The van der Waals surface area contributed by atoms with Gasteiger partial charge in [0.15, 0.2) is 5.69 Å². The van der Waals surface area contributed by atoms with E-state index >= 15 is 0 Å². The number of rotatable bonds is 5. The Morgan fingerprint density at radius 3 is 2.39 bits per heavy atom. The molecule has 7 nitrogen and oxygen atoms in total.